The van der Waals surface area contributed by atoms with Crippen LogP contribution in [0.3, 0.4) is 0 Å². The maximum Gasteiger partial charge on any atom is 0.344 e. The van der Waals surface area contributed by atoms with E-state index in [0.29, 0.717) is 0 Å². The second-order valence-corrected chi connectivity index (χ2v) is 3.43. The number of carbonyl (C=O) groups is 2. The van der Waals surface area contributed by atoms with Gasteiger partial charge in [0, 0.05) is 0 Å². The Morgan fingerprint density at radius 2 is 1.93 bits per heavy atom. The normalized spacial score (nSPS) is 11.9. The third kappa shape index (κ3) is 6.10. The number of hydrogen-bond acceptors (Lipinski definition) is 4. The summed E-state index contributed by atoms with van der Waals surface area (Å²) in [5.74, 6) is -0.903. The van der Waals surface area contributed by atoms with Gasteiger partial charge in [-0.05, 0) is 12.8 Å². The van der Waals surface area contributed by atoms with Crippen LogP contribution in [0.4, 0.5) is 0 Å². The molecule has 0 aliphatic carbocycles. The Bertz CT molecular complexity index is 201. The number of carbonyl (C=O) groups excluding carboxylic acids is 2. The van der Waals surface area contributed by atoms with E-state index in [0.717, 1.165) is 25.7 Å². The van der Waals surface area contributed by atoms with Crippen molar-refractivity contribution < 1.29 is 19.1 Å². The minimum Gasteiger partial charge on any atom is -0.466 e. The lowest BCUT2D eigenvalue weighted by atomic mass is 10.00. The predicted molar refractivity (Wildman–Crippen MR) is 56.3 cm³/mol. The number of rotatable bonds is 7. The van der Waals surface area contributed by atoms with Crippen molar-refractivity contribution in [1.82, 2.24) is 0 Å². The Kier molecular flexibility index (Phi) is 7.68. The van der Waals surface area contributed by atoms with Crippen LogP contribution in [-0.4, -0.2) is 25.7 Å². The van der Waals surface area contributed by atoms with Crippen LogP contribution in [0.25, 0.3) is 0 Å². The molecule has 15 heavy (non-hydrogen) atoms. The van der Waals surface area contributed by atoms with E-state index in [2.05, 4.69) is 11.7 Å². The van der Waals surface area contributed by atoms with Crippen molar-refractivity contribution in [3.63, 3.8) is 0 Å². The van der Waals surface area contributed by atoms with Gasteiger partial charge in [0.15, 0.2) is 6.61 Å². The highest BCUT2D eigenvalue weighted by Gasteiger charge is 2.18. The van der Waals surface area contributed by atoms with Gasteiger partial charge < -0.3 is 9.47 Å². The van der Waals surface area contributed by atoms with Crippen LogP contribution < -0.4 is 0 Å². The molecule has 0 heterocycles. The smallest absolute Gasteiger partial charge is 0.344 e. The Morgan fingerprint density at radius 1 is 1.27 bits per heavy atom. The molecule has 0 N–H and O–H groups in total. The van der Waals surface area contributed by atoms with Crippen molar-refractivity contribution in [2.24, 2.45) is 5.92 Å². The molecule has 0 amide bonds. The van der Waals surface area contributed by atoms with E-state index in [1.807, 2.05) is 6.92 Å². The van der Waals surface area contributed by atoms with Gasteiger partial charge in [-0.2, -0.15) is 0 Å². The summed E-state index contributed by atoms with van der Waals surface area (Å²) in [6.07, 6.45) is 3.64. The minimum absolute atomic E-state index is 0.0883. The summed E-state index contributed by atoms with van der Waals surface area (Å²) >= 11 is 0. The van der Waals surface area contributed by atoms with Crippen LogP contribution in [0.15, 0.2) is 0 Å². The predicted octanol–water partition coefficient (Wildman–Crippen LogP) is 1.92. The first-order chi connectivity index (χ1) is 7.15. The van der Waals surface area contributed by atoms with E-state index in [1.54, 1.807) is 0 Å². The monoisotopic (exact) mass is 216 g/mol. The van der Waals surface area contributed by atoms with Crippen LogP contribution in [0.2, 0.25) is 0 Å². The minimum atomic E-state index is -0.520. The maximum absolute atomic E-state index is 11.5. The molecule has 0 aromatic rings. The van der Waals surface area contributed by atoms with Gasteiger partial charge in [-0.3, -0.25) is 4.79 Å². The molecule has 4 nitrogen and oxygen atoms in total. The highest BCUT2D eigenvalue weighted by Crippen LogP contribution is 2.14. The molecule has 0 saturated carbocycles. The highest BCUT2D eigenvalue weighted by atomic mass is 16.6. The zero-order valence-corrected chi connectivity index (χ0v) is 9.75. The van der Waals surface area contributed by atoms with Crippen molar-refractivity contribution in [1.29, 1.82) is 0 Å². The Hall–Kier alpha value is -1.06. The van der Waals surface area contributed by atoms with E-state index in [1.165, 1.54) is 7.11 Å². The summed E-state index contributed by atoms with van der Waals surface area (Å²) in [5.41, 5.74) is 0. The van der Waals surface area contributed by atoms with Crippen LogP contribution in [0.1, 0.15) is 39.5 Å². The molecule has 0 bridgehead atoms. The highest BCUT2D eigenvalue weighted by molar-refractivity contribution is 5.77. The molecule has 88 valence electrons. The second-order valence-electron chi connectivity index (χ2n) is 3.43. The van der Waals surface area contributed by atoms with Crippen molar-refractivity contribution in [3.8, 4) is 0 Å². The maximum atomic E-state index is 11.5. The summed E-state index contributed by atoms with van der Waals surface area (Å²) < 4.78 is 9.21. The van der Waals surface area contributed by atoms with Gasteiger partial charge in [-0.25, -0.2) is 4.79 Å². The molecule has 4 heteroatoms. The molecule has 0 radical (unpaired) electrons. The van der Waals surface area contributed by atoms with Gasteiger partial charge in [0.1, 0.15) is 0 Å². The van der Waals surface area contributed by atoms with Crippen LogP contribution in [0, 0.1) is 5.92 Å². The van der Waals surface area contributed by atoms with Gasteiger partial charge in [-0.15, -0.1) is 0 Å². The first-order valence-electron chi connectivity index (χ1n) is 5.39. The molecule has 0 saturated heterocycles. The largest absolute Gasteiger partial charge is 0.466 e. The molecule has 0 aromatic heterocycles. The first kappa shape index (κ1) is 13.9. The number of unbranched alkanes of at least 4 members (excludes halogenated alkanes) is 1. The zero-order chi connectivity index (χ0) is 11.7. The Balaban J connectivity index is 3.87. The molecule has 0 aliphatic heterocycles. The van der Waals surface area contributed by atoms with Crippen molar-refractivity contribution in [2.75, 3.05) is 13.7 Å². The molecule has 0 aliphatic rings. The molecule has 0 fully saturated rings. The third-order valence-electron chi connectivity index (χ3n) is 2.29. The zero-order valence-electron chi connectivity index (χ0n) is 9.75. The lowest BCUT2D eigenvalue weighted by Crippen LogP contribution is -2.21. The fraction of sp³-hybridized carbons (Fsp3) is 0.818. The van der Waals surface area contributed by atoms with Crippen molar-refractivity contribution in [3.05, 3.63) is 0 Å². The average Bonchev–Trinajstić information content (AvgIpc) is 2.26. The SMILES string of the molecule is CCCCC(CC)C(=O)OCC(=O)OC. The second kappa shape index (κ2) is 8.26. The molecule has 0 aromatic carbocycles. The van der Waals surface area contributed by atoms with E-state index in [-0.39, 0.29) is 18.5 Å². The van der Waals surface area contributed by atoms with Crippen molar-refractivity contribution in [2.45, 2.75) is 39.5 Å². The molecule has 1 unspecified atom stereocenters. The molecular formula is C11H20O4. The summed E-state index contributed by atoms with van der Waals surface area (Å²) in [7, 11) is 1.27. The van der Waals surface area contributed by atoms with Crippen LogP contribution in [-0.2, 0) is 19.1 Å². The molecule has 1 atom stereocenters. The number of methoxy groups -OCH3 is 1. The topological polar surface area (TPSA) is 52.6 Å². The van der Waals surface area contributed by atoms with Gasteiger partial charge in [0.25, 0.3) is 0 Å². The lowest BCUT2D eigenvalue weighted by molar-refractivity contribution is -0.160. The number of ether oxygens (including phenoxy) is 2. The van der Waals surface area contributed by atoms with E-state index in [4.69, 9.17) is 4.74 Å². The van der Waals surface area contributed by atoms with Crippen LogP contribution in [0.5, 0.6) is 0 Å². The van der Waals surface area contributed by atoms with Gasteiger partial charge >= 0.3 is 11.9 Å². The van der Waals surface area contributed by atoms with E-state index < -0.39 is 5.97 Å². The molecular weight excluding hydrogens is 196 g/mol. The Morgan fingerprint density at radius 3 is 2.40 bits per heavy atom. The number of hydrogen-bond donors (Lipinski definition) is 0. The summed E-state index contributed by atoms with van der Waals surface area (Å²) in [6, 6.07) is 0. The Labute approximate surface area is 90.9 Å². The van der Waals surface area contributed by atoms with Gasteiger partial charge in [0.2, 0.25) is 0 Å². The van der Waals surface area contributed by atoms with Gasteiger partial charge in [0.05, 0.1) is 13.0 Å². The third-order valence-corrected chi connectivity index (χ3v) is 2.29. The summed E-state index contributed by atoms with van der Waals surface area (Å²) in [4.78, 5) is 22.2. The molecule has 0 rings (SSSR count). The fourth-order valence-corrected chi connectivity index (χ4v) is 1.25. The number of esters is 2. The summed E-state index contributed by atoms with van der Waals surface area (Å²) in [6.45, 7) is 3.74. The van der Waals surface area contributed by atoms with Crippen LogP contribution >= 0.6 is 0 Å². The summed E-state index contributed by atoms with van der Waals surface area (Å²) in [5, 5.41) is 0. The van der Waals surface area contributed by atoms with Crippen molar-refractivity contribution >= 4 is 11.9 Å². The lowest BCUT2D eigenvalue weighted by Gasteiger charge is -2.12. The average molecular weight is 216 g/mol. The molecule has 0 spiro atoms. The van der Waals surface area contributed by atoms with Gasteiger partial charge in [-0.1, -0.05) is 26.7 Å². The first-order valence-corrected chi connectivity index (χ1v) is 5.39. The van der Waals surface area contributed by atoms with E-state index in [9.17, 15) is 9.59 Å². The van der Waals surface area contributed by atoms with E-state index >= 15 is 0 Å². The fourth-order valence-electron chi connectivity index (χ4n) is 1.25. The quantitative estimate of drug-likeness (QED) is 0.610. The standard InChI is InChI=1S/C11H20O4/c1-4-6-7-9(5-2)11(13)15-8-10(12)14-3/h9H,4-8H2,1-3H3.